The van der Waals surface area contributed by atoms with Crippen LogP contribution < -0.4 is 0 Å². The number of pyridine rings is 1. The van der Waals surface area contributed by atoms with Crippen molar-refractivity contribution in [3.63, 3.8) is 0 Å². The van der Waals surface area contributed by atoms with Gasteiger partial charge in [-0.15, -0.1) is 0 Å². The Morgan fingerprint density at radius 3 is 2.61 bits per heavy atom. The Balaban J connectivity index is 2.13. The van der Waals surface area contributed by atoms with Gasteiger partial charge in [-0.3, -0.25) is 0 Å². The maximum atomic E-state index is 13.2. The van der Waals surface area contributed by atoms with Gasteiger partial charge in [-0.1, -0.05) is 35.3 Å². The van der Waals surface area contributed by atoms with E-state index in [-0.39, 0.29) is 11.4 Å². The number of hydrogen-bond acceptors (Lipinski definition) is 2. The molecule has 1 N–H and O–H groups in total. The van der Waals surface area contributed by atoms with Gasteiger partial charge < -0.3 is 5.11 Å². The van der Waals surface area contributed by atoms with Crippen LogP contribution in [0.25, 0.3) is 0 Å². The molecule has 0 saturated heterocycles. The fourth-order valence-corrected chi connectivity index (χ4v) is 1.82. The topological polar surface area (TPSA) is 33.1 Å². The summed E-state index contributed by atoms with van der Waals surface area (Å²) in [6, 6.07) is 7.75. The van der Waals surface area contributed by atoms with Crippen molar-refractivity contribution in [2.75, 3.05) is 0 Å². The molecule has 1 unspecified atom stereocenters. The molecule has 0 bridgehead atoms. The van der Waals surface area contributed by atoms with E-state index < -0.39 is 11.9 Å². The van der Waals surface area contributed by atoms with E-state index in [2.05, 4.69) is 4.98 Å². The standard InChI is InChI=1S/C13H10Cl2FNO/c14-10-3-1-8(5-11(10)16)6-12(18)9-2-4-13(15)17-7-9/h1-5,7,12,18H,6H2. The van der Waals surface area contributed by atoms with Crippen LogP contribution in [0.3, 0.4) is 0 Å². The summed E-state index contributed by atoms with van der Waals surface area (Å²) in [5.41, 5.74) is 1.30. The van der Waals surface area contributed by atoms with Crippen LogP contribution in [0.4, 0.5) is 4.39 Å². The van der Waals surface area contributed by atoms with E-state index in [1.54, 1.807) is 18.2 Å². The van der Waals surface area contributed by atoms with Gasteiger partial charge in [0.05, 0.1) is 11.1 Å². The highest BCUT2D eigenvalue weighted by Gasteiger charge is 2.10. The van der Waals surface area contributed by atoms with E-state index in [9.17, 15) is 9.50 Å². The fourth-order valence-electron chi connectivity index (χ4n) is 1.59. The van der Waals surface area contributed by atoms with Crippen molar-refractivity contribution in [3.8, 4) is 0 Å². The highest BCUT2D eigenvalue weighted by atomic mass is 35.5. The fraction of sp³-hybridized carbons (Fsp3) is 0.154. The highest BCUT2D eigenvalue weighted by Crippen LogP contribution is 2.21. The number of nitrogens with zero attached hydrogens (tertiary/aromatic N) is 1. The Hall–Kier alpha value is -1.16. The first-order valence-corrected chi connectivity index (χ1v) is 6.05. The molecule has 0 saturated carbocycles. The summed E-state index contributed by atoms with van der Waals surface area (Å²) in [6.45, 7) is 0. The molecule has 0 spiro atoms. The predicted molar refractivity (Wildman–Crippen MR) is 69.3 cm³/mol. The van der Waals surface area contributed by atoms with Crippen molar-refractivity contribution in [2.24, 2.45) is 0 Å². The second-order valence-electron chi connectivity index (χ2n) is 3.88. The summed E-state index contributed by atoms with van der Waals surface area (Å²) in [5.74, 6) is -0.490. The Morgan fingerprint density at radius 2 is 2.00 bits per heavy atom. The summed E-state index contributed by atoms with van der Waals surface area (Å²) >= 11 is 11.2. The first kappa shape index (κ1) is 13.3. The van der Waals surface area contributed by atoms with Crippen LogP contribution in [0, 0.1) is 5.82 Å². The highest BCUT2D eigenvalue weighted by molar-refractivity contribution is 6.30. The van der Waals surface area contributed by atoms with Crippen LogP contribution in [0.1, 0.15) is 17.2 Å². The van der Waals surface area contributed by atoms with E-state index in [1.165, 1.54) is 18.3 Å². The van der Waals surface area contributed by atoms with Gasteiger partial charge in [0.1, 0.15) is 11.0 Å². The lowest BCUT2D eigenvalue weighted by molar-refractivity contribution is 0.178. The lowest BCUT2D eigenvalue weighted by Crippen LogP contribution is -2.02. The van der Waals surface area contributed by atoms with Crippen LogP contribution in [-0.4, -0.2) is 10.1 Å². The van der Waals surface area contributed by atoms with Gasteiger partial charge in [0.25, 0.3) is 0 Å². The monoisotopic (exact) mass is 285 g/mol. The Labute approximate surface area is 114 Å². The largest absolute Gasteiger partial charge is 0.388 e. The zero-order valence-corrected chi connectivity index (χ0v) is 10.8. The third kappa shape index (κ3) is 3.19. The van der Waals surface area contributed by atoms with E-state index >= 15 is 0 Å². The molecule has 2 rings (SSSR count). The van der Waals surface area contributed by atoms with E-state index in [0.717, 1.165) is 0 Å². The molecular formula is C13H10Cl2FNO. The van der Waals surface area contributed by atoms with Gasteiger partial charge in [-0.05, 0) is 29.3 Å². The van der Waals surface area contributed by atoms with Gasteiger partial charge in [-0.2, -0.15) is 0 Å². The molecule has 0 fully saturated rings. The number of aromatic nitrogens is 1. The molecule has 1 atom stereocenters. The van der Waals surface area contributed by atoms with Crippen molar-refractivity contribution in [2.45, 2.75) is 12.5 Å². The minimum Gasteiger partial charge on any atom is -0.388 e. The predicted octanol–water partition coefficient (Wildman–Crippen LogP) is 3.80. The summed E-state index contributed by atoms with van der Waals surface area (Å²) in [6.07, 6.45) is 1.03. The van der Waals surface area contributed by atoms with Gasteiger partial charge in [0, 0.05) is 12.6 Å². The normalized spacial score (nSPS) is 12.4. The Morgan fingerprint density at radius 1 is 1.22 bits per heavy atom. The third-order valence-corrected chi connectivity index (χ3v) is 3.08. The molecule has 0 aliphatic rings. The van der Waals surface area contributed by atoms with Gasteiger partial charge in [0.15, 0.2) is 0 Å². The summed E-state index contributed by atoms with van der Waals surface area (Å²) in [7, 11) is 0. The van der Waals surface area contributed by atoms with Crippen molar-refractivity contribution < 1.29 is 9.50 Å². The smallest absolute Gasteiger partial charge is 0.142 e. The lowest BCUT2D eigenvalue weighted by atomic mass is 10.0. The molecule has 1 aromatic heterocycles. The van der Waals surface area contributed by atoms with Crippen molar-refractivity contribution in [1.29, 1.82) is 0 Å². The number of hydrogen-bond donors (Lipinski definition) is 1. The average Bonchev–Trinajstić information content (AvgIpc) is 2.34. The summed E-state index contributed by atoms with van der Waals surface area (Å²) in [4.78, 5) is 3.88. The minimum atomic E-state index is -0.754. The van der Waals surface area contributed by atoms with E-state index in [1.807, 2.05) is 0 Å². The quantitative estimate of drug-likeness (QED) is 0.870. The molecular weight excluding hydrogens is 276 g/mol. The number of aliphatic hydroxyl groups excluding tert-OH is 1. The van der Waals surface area contributed by atoms with Crippen molar-refractivity contribution in [1.82, 2.24) is 4.98 Å². The molecule has 1 aromatic carbocycles. The van der Waals surface area contributed by atoms with Crippen LogP contribution in [-0.2, 0) is 6.42 Å². The SMILES string of the molecule is OC(Cc1ccc(Cl)c(F)c1)c1ccc(Cl)nc1. The Bertz CT molecular complexity index is 545. The van der Waals surface area contributed by atoms with Crippen LogP contribution in [0.15, 0.2) is 36.5 Å². The zero-order chi connectivity index (χ0) is 13.1. The molecule has 0 aliphatic carbocycles. The number of benzene rings is 1. The first-order valence-electron chi connectivity index (χ1n) is 5.29. The molecule has 0 aliphatic heterocycles. The number of halogens is 3. The lowest BCUT2D eigenvalue weighted by Gasteiger charge is -2.11. The van der Waals surface area contributed by atoms with E-state index in [4.69, 9.17) is 23.2 Å². The average molecular weight is 286 g/mol. The van der Waals surface area contributed by atoms with Crippen LogP contribution in [0.5, 0.6) is 0 Å². The van der Waals surface area contributed by atoms with Crippen molar-refractivity contribution >= 4 is 23.2 Å². The minimum absolute atomic E-state index is 0.0707. The summed E-state index contributed by atoms with van der Waals surface area (Å²) in [5, 5.41) is 10.4. The summed E-state index contributed by atoms with van der Waals surface area (Å²) < 4.78 is 13.2. The van der Waals surface area contributed by atoms with Crippen LogP contribution >= 0.6 is 23.2 Å². The molecule has 94 valence electrons. The third-order valence-electron chi connectivity index (χ3n) is 2.55. The zero-order valence-electron chi connectivity index (χ0n) is 9.28. The number of rotatable bonds is 3. The molecule has 0 amide bonds. The number of aliphatic hydroxyl groups is 1. The van der Waals surface area contributed by atoms with Crippen LogP contribution in [0.2, 0.25) is 10.2 Å². The maximum Gasteiger partial charge on any atom is 0.142 e. The van der Waals surface area contributed by atoms with E-state index in [0.29, 0.717) is 16.3 Å². The molecule has 2 aromatic rings. The van der Waals surface area contributed by atoms with Crippen molar-refractivity contribution in [3.05, 3.63) is 63.6 Å². The second kappa shape index (κ2) is 5.65. The van der Waals surface area contributed by atoms with Gasteiger partial charge in [0.2, 0.25) is 0 Å². The van der Waals surface area contributed by atoms with Gasteiger partial charge >= 0.3 is 0 Å². The molecule has 0 radical (unpaired) electrons. The molecule has 5 heteroatoms. The maximum absolute atomic E-state index is 13.2. The molecule has 2 nitrogen and oxygen atoms in total. The Kier molecular flexibility index (Phi) is 4.17. The molecule has 18 heavy (non-hydrogen) atoms. The van der Waals surface area contributed by atoms with Gasteiger partial charge in [-0.25, -0.2) is 9.37 Å². The molecule has 1 heterocycles. The second-order valence-corrected chi connectivity index (χ2v) is 4.68. The first-order chi connectivity index (χ1) is 8.56.